The molecule has 2 atom stereocenters. The number of rotatable bonds is 4. The minimum absolute atomic E-state index is 0.0532. The molecule has 1 amide bonds. The van der Waals surface area contributed by atoms with Crippen molar-refractivity contribution in [1.82, 2.24) is 4.90 Å². The molecule has 3 nitrogen and oxygen atoms in total. The topological polar surface area (TPSA) is 32.3 Å². The third-order valence-electron chi connectivity index (χ3n) is 4.40. The number of hydrogen-bond donors (Lipinski definition) is 1. The first kappa shape index (κ1) is 14.9. The highest BCUT2D eigenvalue weighted by Gasteiger charge is 2.20. The summed E-state index contributed by atoms with van der Waals surface area (Å²) in [6, 6.07) is 7.80. The number of hydrogen-bond acceptors (Lipinski definition) is 2. The molecule has 0 radical (unpaired) electrons. The minimum atomic E-state index is 0.0532. The fourth-order valence-corrected chi connectivity index (χ4v) is 2.93. The summed E-state index contributed by atoms with van der Waals surface area (Å²) in [4.78, 5) is 13.4. The molecular weight excluding hydrogens is 248 g/mol. The number of nitrogens with one attached hydrogen (secondary N) is 1. The summed E-state index contributed by atoms with van der Waals surface area (Å²) in [6.45, 7) is 3.41. The van der Waals surface area contributed by atoms with Gasteiger partial charge in [-0.05, 0) is 42.5 Å². The molecule has 0 aliphatic heterocycles. The van der Waals surface area contributed by atoms with Gasteiger partial charge in [0.15, 0.2) is 0 Å². The van der Waals surface area contributed by atoms with Gasteiger partial charge in [0, 0.05) is 31.9 Å². The molecule has 1 saturated carbocycles. The Hall–Kier alpha value is -1.51. The molecule has 1 aliphatic carbocycles. The van der Waals surface area contributed by atoms with Gasteiger partial charge in [0.2, 0.25) is 0 Å². The van der Waals surface area contributed by atoms with Crippen molar-refractivity contribution in [3.8, 4) is 0 Å². The van der Waals surface area contributed by atoms with Gasteiger partial charge in [0.25, 0.3) is 5.91 Å². The van der Waals surface area contributed by atoms with Gasteiger partial charge >= 0.3 is 0 Å². The van der Waals surface area contributed by atoms with Crippen LogP contribution in [0.15, 0.2) is 24.3 Å². The summed E-state index contributed by atoms with van der Waals surface area (Å²) in [5.41, 5.74) is 1.85. The summed E-state index contributed by atoms with van der Waals surface area (Å²) in [7, 11) is 3.55. The second kappa shape index (κ2) is 6.78. The molecular formula is C17H26N2O. The van der Waals surface area contributed by atoms with E-state index in [2.05, 4.69) is 12.2 Å². The molecule has 0 bridgehead atoms. The zero-order valence-corrected chi connectivity index (χ0v) is 12.9. The van der Waals surface area contributed by atoms with E-state index in [1.807, 2.05) is 24.3 Å². The molecule has 1 aromatic carbocycles. The lowest BCUT2D eigenvalue weighted by atomic mass is 9.80. The highest BCUT2D eigenvalue weighted by Crippen LogP contribution is 2.29. The lowest BCUT2D eigenvalue weighted by Crippen LogP contribution is -2.24. The van der Waals surface area contributed by atoms with Crippen molar-refractivity contribution in [1.29, 1.82) is 0 Å². The normalized spacial score (nSPS) is 22.4. The van der Waals surface area contributed by atoms with Crippen molar-refractivity contribution in [3.05, 3.63) is 29.8 Å². The van der Waals surface area contributed by atoms with Gasteiger partial charge in [-0.25, -0.2) is 0 Å². The Balaban J connectivity index is 1.89. The van der Waals surface area contributed by atoms with Crippen LogP contribution in [0.25, 0.3) is 0 Å². The van der Waals surface area contributed by atoms with E-state index in [9.17, 15) is 4.79 Å². The number of carbonyl (C=O) groups is 1. The van der Waals surface area contributed by atoms with Crippen LogP contribution in [0.1, 0.15) is 43.0 Å². The third-order valence-corrected chi connectivity index (χ3v) is 4.40. The molecule has 0 unspecified atom stereocenters. The number of benzene rings is 1. The number of carbonyl (C=O) groups excluding carboxylic acids is 1. The van der Waals surface area contributed by atoms with Crippen molar-refractivity contribution in [2.24, 2.45) is 11.8 Å². The van der Waals surface area contributed by atoms with Crippen molar-refractivity contribution in [2.45, 2.75) is 32.6 Å². The van der Waals surface area contributed by atoms with Crippen LogP contribution in [-0.2, 0) is 0 Å². The molecule has 110 valence electrons. The molecule has 20 heavy (non-hydrogen) atoms. The first-order valence-electron chi connectivity index (χ1n) is 7.63. The van der Waals surface area contributed by atoms with Crippen LogP contribution in [0.4, 0.5) is 5.69 Å². The number of nitrogens with zero attached hydrogens (tertiary/aromatic N) is 1. The monoisotopic (exact) mass is 274 g/mol. The zero-order chi connectivity index (χ0) is 14.5. The first-order chi connectivity index (χ1) is 9.58. The van der Waals surface area contributed by atoms with Crippen molar-refractivity contribution in [3.63, 3.8) is 0 Å². The Morgan fingerprint density at radius 1 is 1.20 bits per heavy atom. The van der Waals surface area contributed by atoms with Crippen molar-refractivity contribution >= 4 is 11.6 Å². The van der Waals surface area contributed by atoms with Gasteiger partial charge in [-0.3, -0.25) is 4.79 Å². The van der Waals surface area contributed by atoms with E-state index < -0.39 is 0 Å². The number of anilines is 1. The first-order valence-corrected chi connectivity index (χ1v) is 7.63. The molecule has 1 fully saturated rings. The van der Waals surface area contributed by atoms with Gasteiger partial charge in [0.1, 0.15) is 0 Å². The predicted octanol–water partition coefficient (Wildman–Crippen LogP) is 3.63. The van der Waals surface area contributed by atoms with E-state index in [-0.39, 0.29) is 5.91 Å². The van der Waals surface area contributed by atoms with Gasteiger partial charge in [-0.2, -0.15) is 0 Å². The second-order valence-corrected chi connectivity index (χ2v) is 6.18. The summed E-state index contributed by atoms with van der Waals surface area (Å²) in [5.74, 6) is 1.66. The average molecular weight is 274 g/mol. The van der Waals surface area contributed by atoms with Crippen LogP contribution in [0, 0.1) is 11.8 Å². The average Bonchev–Trinajstić information content (AvgIpc) is 2.46. The minimum Gasteiger partial charge on any atom is -0.385 e. The Morgan fingerprint density at radius 2 is 1.85 bits per heavy atom. The SMILES string of the molecule is C[C@H]1CCCC[C@H]1CNc1ccc(C(=O)N(C)C)cc1. The number of amides is 1. The summed E-state index contributed by atoms with van der Waals surface area (Å²) in [6.07, 6.45) is 5.46. The maximum Gasteiger partial charge on any atom is 0.253 e. The second-order valence-electron chi connectivity index (χ2n) is 6.18. The third kappa shape index (κ3) is 3.75. The molecule has 0 saturated heterocycles. The molecule has 3 heteroatoms. The van der Waals surface area contributed by atoms with E-state index in [4.69, 9.17) is 0 Å². The van der Waals surface area contributed by atoms with E-state index in [1.165, 1.54) is 25.7 Å². The van der Waals surface area contributed by atoms with E-state index in [1.54, 1.807) is 19.0 Å². The fraction of sp³-hybridized carbons (Fsp3) is 0.588. The molecule has 1 N–H and O–H groups in total. The Kier molecular flexibility index (Phi) is 5.05. The van der Waals surface area contributed by atoms with Gasteiger partial charge in [-0.15, -0.1) is 0 Å². The lowest BCUT2D eigenvalue weighted by Gasteiger charge is -2.29. The Labute approximate surface area is 122 Å². The largest absolute Gasteiger partial charge is 0.385 e. The van der Waals surface area contributed by atoms with E-state index >= 15 is 0 Å². The van der Waals surface area contributed by atoms with Gasteiger partial charge in [-0.1, -0.05) is 26.2 Å². The molecule has 1 aromatic rings. The summed E-state index contributed by atoms with van der Waals surface area (Å²) >= 11 is 0. The standard InChI is InChI=1S/C17H26N2O/c1-13-6-4-5-7-15(13)12-18-16-10-8-14(9-11-16)17(20)19(2)3/h8-11,13,15,18H,4-7,12H2,1-3H3/t13-,15-/m0/s1. The maximum absolute atomic E-state index is 11.8. The predicted molar refractivity (Wildman–Crippen MR) is 84.1 cm³/mol. The smallest absolute Gasteiger partial charge is 0.253 e. The maximum atomic E-state index is 11.8. The van der Waals surface area contributed by atoms with Gasteiger partial charge < -0.3 is 10.2 Å². The molecule has 0 spiro atoms. The summed E-state index contributed by atoms with van der Waals surface area (Å²) in [5, 5.41) is 3.52. The zero-order valence-electron chi connectivity index (χ0n) is 12.9. The molecule has 1 aliphatic rings. The van der Waals surface area contributed by atoms with E-state index in [0.717, 1.165) is 29.6 Å². The van der Waals surface area contributed by atoms with Crippen molar-refractivity contribution in [2.75, 3.05) is 26.0 Å². The van der Waals surface area contributed by atoms with E-state index in [0.29, 0.717) is 0 Å². The van der Waals surface area contributed by atoms with Gasteiger partial charge in [0.05, 0.1) is 0 Å². The molecule has 0 aromatic heterocycles. The van der Waals surface area contributed by atoms with Crippen LogP contribution in [0.2, 0.25) is 0 Å². The lowest BCUT2D eigenvalue weighted by molar-refractivity contribution is 0.0827. The van der Waals surface area contributed by atoms with Crippen LogP contribution in [0.3, 0.4) is 0 Å². The Morgan fingerprint density at radius 3 is 2.45 bits per heavy atom. The fourth-order valence-electron chi connectivity index (χ4n) is 2.93. The highest BCUT2D eigenvalue weighted by atomic mass is 16.2. The van der Waals surface area contributed by atoms with Crippen molar-refractivity contribution < 1.29 is 4.79 Å². The summed E-state index contributed by atoms with van der Waals surface area (Å²) < 4.78 is 0. The van der Waals surface area contributed by atoms with Crippen LogP contribution >= 0.6 is 0 Å². The van der Waals surface area contributed by atoms with Crippen LogP contribution in [0.5, 0.6) is 0 Å². The van der Waals surface area contributed by atoms with Crippen LogP contribution in [-0.4, -0.2) is 31.4 Å². The molecule has 2 rings (SSSR count). The highest BCUT2D eigenvalue weighted by molar-refractivity contribution is 5.94. The Bertz CT molecular complexity index is 439. The van der Waals surface area contributed by atoms with Crippen LogP contribution < -0.4 is 5.32 Å². The quantitative estimate of drug-likeness (QED) is 0.909. The molecule has 0 heterocycles.